The van der Waals surface area contributed by atoms with Crippen LogP contribution >= 0.6 is 0 Å². The smallest absolute Gasteiger partial charge is 0.0404 e. The number of hydrogen-bond donors (Lipinski definition) is 1. The number of para-hydroxylation sites is 1. The van der Waals surface area contributed by atoms with Crippen LogP contribution in [0.3, 0.4) is 0 Å². The second kappa shape index (κ2) is 6.17. The van der Waals surface area contributed by atoms with Crippen molar-refractivity contribution in [1.82, 2.24) is 5.32 Å². The van der Waals surface area contributed by atoms with Gasteiger partial charge < -0.3 is 10.2 Å². The summed E-state index contributed by atoms with van der Waals surface area (Å²) in [6.45, 7) is 15.0. The molecular formula is C18H30N2. The molecule has 0 radical (unpaired) electrons. The Bertz CT molecular complexity index is 431. The summed E-state index contributed by atoms with van der Waals surface area (Å²) in [6.07, 6.45) is 1.22. The highest BCUT2D eigenvalue weighted by Crippen LogP contribution is 2.32. The van der Waals surface area contributed by atoms with Crippen molar-refractivity contribution in [2.75, 3.05) is 24.5 Å². The molecule has 2 nitrogen and oxygen atoms in total. The SMILES string of the molecule is CC(C)C1CN(c2ccccc2C(C)(C)C)CCCN1. The zero-order chi connectivity index (χ0) is 14.8. The molecule has 0 saturated carbocycles. The van der Waals surface area contributed by atoms with Crippen LogP contribution in [0.25, 0.3) is 0 Å². The molecule has 1 aromatic carbocycles. The minimum Gasteiger partial charge on any atom is -0.370 e. The van der Waals surface area contributed by atoms with E-state index in [-0.39, 0.29) is 5.41 Å². The molecule has 1 saturated heterocycles. The first kappa shape index (κ1) is 15.4. The van der Waals surface area contributed by atoms with Gasteiger partial charge in [-0.2, -0.15) is 0 Å². The van der Waals surface area contributed by atoms with E-state index in [1.54, 1.807) is 0 Å². The van der Waals surface area contributed by atoms with Crippen molar-refractivity contribution < 1.29 is 0 Å². The Morgan fingerprint density at radius 1 is 1.20 bits per heavy atom. The van der Waals surface area contributed by atoms with Crippen molar-refractivity contribution in [1.29, 1.82) is 0 Å². The molecule has 0 spiro atoms. The molecule has 20 heavy (non-hydrogen) atoms. The van der Waals surface area contributed by atoms with Gasteiger partial charge in [0.1, 0.15) is 0 Å². The van der Waals surface area contributed by atoms with Gasteiger partial charge in [-0.1, -0.05) is 52.8 Å². The number of nitrogens with one attached hydrogen (secondary N) is 1. The third-order valence-electron chi connectivity index (χ3n) is 4.29. The Morgan fingerprint density at radius 3 is 2.55 bits per heavy atom. The summed E-state index contributed by atoms with van der Waals surface area (Å²) in [7, 11) is 0. The van der Waals surface area contributed by atoms with Crippen LogP contribution in [0.1, 0.15) is 46.6 Å². The van der Waals surface area contributed by atoms with Crippen LogP contribution in [0.2, 0.25) is 0 Å². The molecule has 1 heterocycles. The normalized spacial score (nSPS) is 21.1. The van der Waals surface area contributed by atoms with Gasteiger partial charge in [0, 0.05) is 24.8 Å². The molecule has 1 aliphatic rings. The fraction of sp³-hybridized carbons (Fsp3) is 0.667. The zero-order valence-corrected chi connectivity index (χ0v) is 13.7. The Kier molecular flexibility index (Phi) is 4.74. The summed E-state index contributed by atoms with van der Waals surface area (Å²) in [5.41, 5.74) is 3.09. The van der Waals surface area contributed by atoms with Gasteiger partial charge in [0.25, 0.3) is 0 Å². The second-order valence-corrected chi connectivity index (χ2v) is 7.37. The molecule has 2 heteroatoms. The summed E-state index contributed by atoms with van der Waals surface area (Å²) in [5.74, 6) is 0.678. The lowest BCUT2D eigenvalue weighted by atomic mass is 9.85. The van der Waals surface area contributed by atoms with Crippen molar-refractivity contribution in [3.05, 3.63) is 29.8 Å². The topological polar surface area (TPSA) is 15.3 Å². The third-order valence-corrected chi connectivity index (χ3v) is 4.29. The Labute approximate surface area is 124 Å². The quantitative estimate of drug-likeness (QED) is 0.882. The predicted molar refractivity (Wildman–Crippen MR) is 88.6 cm³/mol. The van der Waals surface area contributed by atoms with E-state index in [1.165, 1.54) is 17.7 Å². The van der Waals surface area contributed by atoms with Gasteiger partial charge in [0.05, 0.1) is 0 Å². The molecule has 1 aromatic rings. The van der Waals surface area contributed by atoms with E-state index < -0.39 is 0 Å². The highest BCUT2D eigenvalue weighted by molar-refractivity contribution is 5.56. The van der Waals surface area contributed by atoms with Crippen molar-refractivity contribution >= 4 is 5.69 Å². The second-order valence-electron chi connectivity index (χ2n) is 7.37. The van der Waals surface area contributed by atoms with E-state index >= 15 is 0 Å². The van der Waals surface area contributed by atoms with Gasteiger partial charge in [0.2, 0.25) is 0 Å². The number of nitrogens with zero attached hydrogens (tertiary/aromatic N) is 1. The fourth-order valence-corrected chi connectivity index (χ4v) is 3.00. The Morgan fingerprint density at radius 2 is 1.90 bits per heavy atom. The Hall–Kier alpha value is -1.02. The van der Waals surface area contributed by atoms with Crippen molar-refractivity contribution in [3.63, 3.8) is 0 Å². The van der Waals surface area contributed by atoms with Gasteiger partial charge >= 0.3 is 0 Å². The molecule has 1 N–H and O–H groups in total. The summed E-state index contributed by atoms with van der Waals surface area (Å²) < 4.78 is 0. The van der Waals surface area contributed by atoms with Crippen LogP contribution in [0.4, 0.5) is 5.69 Å². The minimum atomic E-state index is 0.198. The minimum absolute atomic E-state index is 0.198. The summed E-state index contributed by atoms with van der Waals surface area (Å²) in [5, 5.41) is 3.70. The van der Waals surface area contributed by atoms with Crippen LogP contribution in [0, 0.1) is 5.92 Å². The van der Waals surface area contributed by atoms with Crippen molar-refractivity contribution in [2.24, 2.45) is 5.92 Å². The fourth-order valence-electron chi connectivity index (χ4n) is 3.00. The average molecular weight is 274 g/mol. The lowest BCUT2D eigenvalue weighted by Crippen LogP contribution is -2.41. The van der Waals surface area contributed by atoms with Crippen LogP contribution in [-0.4, -0.2) is 25.7 Å². The molecule has 1 unspecified atom stereocenters. The first-order valence-corrected chi connectivity index (χ1v) is 7.97. The number of anilines is 1. The highest BCUT2D eigenvalue weighted by Gasteiger charge is 2.25. The van der Waals surface area contributed by atoms with Crippen molar-refractivity contribution in [2.45, 2.75) is 52.5 Å². The van der Waals surface area contributed by atoms with Gasteiger partial charge in [-0.25, -0.2) is 0 Å². The van der Waals surface area contributed by atoms with E-state index in [4.69, 9.17) is 0 Å². The molecule has 1 aliphatic heterocycles. The molecule has 112 valence electrons. The molecule has 0 aromatic heterocycles. The van der Waals surface area contributed by atoms with E-state index in [2.05, 4.69) is 69.1 Å². The summed E-state index contributed by atoms with van der Waals surface area (Å²) >= 11 is 0. The molecule has 0 bridgehead atoms. The highest BCUT2D eigenvalue weighted by atomic mass is 15.2. The number of rotatable bonds is 2. The predicted octanol–water partition coefficient (Wildman–Crippen LogP) is 3.81. The van der Waals surface area contributed by atoms with Crippen LogP contribution < -0.4 is 10.2 Å². The third kappa shape index (κ3) is 3.54. The molecular weight excluding hydrogens is 244 g/mol. The van der Waals surface area contributed by atoms with Crippen LogP contribution in [0.15, 0.2) is 24.3 Å². The van der Waals surface area contributed by atoms with E-state index in [9.17, 15) is 0 Å². The van der Waals surface area contributed by atoms with Crippen molar-refractivity contribution in [3.8, 4) is 0 Å². The van der Waals surface area contributed by atoms with Gasteiger partial charge in [-0.3, -0.25) is 0 Å². The Balaban J connectivity index is 2.30. The standard InChI is InChI=1S/C18H30N2/c1-14(2)16-13-20(12-8-11-19-16)17-10-7-6-9-15(17)18(3,4)5/h6-7,9-10,14,16,19H,8,11-13H2,1-5H3. The number of hydrogen-bond acceptors (Lipinski definition) is 2. The zero-order valence-electron chi connectivity index (χ0n) is 13.7. The van der Waals surface area contributed by atoms with Crippen LogP contribution in [0.5, 0.6) is 0 Å². The maximum atomic E-state index is 3.70. The maximum absolute atomic E-state index is 3.70. The number of benzene rings is 1. The van der Waals surface area contributed by atoms with Gasteiger partial charge in [-0.15, -0.1) is 0 Å². The lowest BCUT2D eigenvalue weighted by Gasteiger charge is -2.33. The van der Waals surface area contributed by atoms with E-state index in [1.807, 2.05) is 0 Å². The lowest BCUT2D eigenvalue weighted by molar-refractivity contribution is 0.419. The molecule has 0 amide bonds. The monoisotopic (exact) mass is 274 g/mol. The first-order valence-electron chi connectivity index (χ1n) is 7.97. The average Bonchev–Trinajstić information content (AvgIpc) is 2.63. The molecule has 1 fully saturated rings. The van der Waals surface area contributed by atoms with Gasteiger partial charge in [0.15, 0.2) is 0 Å². The van der Waals surface area contributed by atoms with E-state index in [0.29, 0.717) is 12.0 Å². The van der Waals surface area contributed by atoms with Gasteiger partial charge in [-0.05, 0) is 35.9 Å². The maximum Gasteiger partial charge on any atom is 0.0404 e. The molecule has 0 aliphatic carbocycles. The molecule has 1 atom stereocenters. The van der Waals surface area contributed by atoms with Crippen LogP contribution in [-0.2, 0) is 5.41 Å². The summed E-state index contributed by atoms with van der Waals surface area (Å²) in [4.78, 5) is 2.59. The first-order chi connectivity index (χ1) is 9.39. The molecule has 2 rings (SSSR count). The summed E-state index contributed by atoms with van der Waals surface area (Å²) in [6, 6.07) is 9.51. The largest absolute Gasteiger partial charge is 0.370 e. The van der Waals surface area contributed by atoms with E-state index in [0.717, 1.165) is 19.6 Å².